The highest BCUT2D eigenvalue weighted by molar-refractivity contribution is 8.00. The molecule has 0 atom stereocenters. The van der Waals surface area contributed by atoms with Gasteiger partial charge in [-0.3, -0.25) is 14.9 Å². The van der Waals surface area contributed by atoms with E-state index in [1.165, 1.54) is 30.0 Å². The Bertz CT molecular complexity index is 883. The van der Waals surface area contributed by atoms with Crippen molar-refractivity contribution in [2.45, 2.75) is 17.1 Å². The summed E-state index contributed by atoms with van der Waals surface area (Å²) in [6.07, 6.45) is 1.78. The third-order valence-electron chi connectivity index (χ3n) is 3.11. The first-order valence-corrected chi connectivity index (χ1v) is 9.60. The quantitative estimate of drug-likeness (QED) is 0.175. The van der Waals surface area contributed by atoms with E-state index in [0.717, 1.165) is 11.8 Å². The molecule has 0 saturated carbocycles. The molecule has 0 radical (unpaired) electrons. The van der Waals surface area contributed by atoms with E-state index in [2.05, 4.69) is 9.97 Å². The number of rotatable bonds is 7. The third-order valence-corrected chi connectivity index (χ3v) is 4.61. The molecule has 0 bridgehead atoms. The number of aromatic nitrogens is 2. The van der Waals surface area contributed by atoms with Gasteiger partial charge in [0.05, 0.1) is 23.0 Å². The predicted molar refractivity (Wildman–Crippen MR) is 98.0 cm³/mol. The molecule has 0 N–H and O–H groups in total. The molecule has 0 saturated heterocycles. The Morgan fingerprint density at radius 1 is 1.42 bits per heavy atom. The average molecular weight is 390 g/mol. The van der Waals surface area contributed by atoms with Gasteiger partial charge in [-0.15, -0.1) is 0 Å². The van der Waals surface area contributed by atoms with Crippen LogP contribution >= 0.6 is 23.5 Å². The summed E-state index contributed by atoms with van der Waals surface area (Å²) < 4.78 is 4.88. The fourth-order valence-electron chi connectivity index (χ4n) is 2.02. The molecule has 0 aliphatic heterocycles. The van der Waals surface area contributed by atoms with Crippen LogP contribution in [0.2, 0.25) is 0 Å². The normalized spacial score (nSPS) is 10.2. The van der Waals surface area contributed by atoms with Gasteiger partial charge in [0.25, 0.3) is 5.69 Å². The topological polar surface area (TPSA) is 119 Å². The standard InChI is InChI=1S/C16H14N4O4S2/c1-3-24-13(21)9-26-15-12(8-17)14(18-16(19-15)25-2)10-5-4-6-11(7-10)20(22)23/h4-7H,3,9H2,1-2H3. The molecule has 10 heteroatoms. The molecule has 2 rings (SSSR count). The van der Waals surface area contributed by atoms with Crippen molar-refractivity contribution < 1.29 is 14.5 Å². The number of hydrogen-bond donors (Lipinski definition) is 0. The third kappa shape index (κ3) is 4.71. The number of ether oxygens (including phenoxy) is 1. The van der Waals surface area contributed by atoms with Crippen LogP contribution in [0.4, 0.5) is 5.69 Å². The van der Waals surface area contributed by atoms with Crippen molar-refractivity contribution >= 4 is 35.2 Å². The highest BCUT2D eigenvalue weighted by Gasteiger charge is 2.19. The predicted octanol–water partition coefficient (Wildman–Crippen LogP) is 3.30. The fourth-order valence-corrected chi connectivity index (χ4v) is 3.22. The van der Waals surface area contributed by atoms with Gasteiger partial charge >= 0.3 is 5.97 Å². The number of benzene rings is 1. The number of non-ortho nitro benzene ring substituents is 1. The number of nitro groups is 1. The second kappa shape index (κ2) is 9.17. The Morgan fingerprint density at radius 3 is 2.81 bits per heavy atom. The van der Waals surface area contributed by atoms with Gasteiger partial charge in [0, 0.05) is 17.7 Å². The molecule has 1 heterocycles. The van der Waals surface area contributed by atoms with Crippen molar-refractivity contribution in [3.8, 4) is 17.3 Å². The number of carbonyl (C=O) groups is 1. The first-order chi connectivity index (χ1) is 12.5. The van der Waals surface area contributed by atoms with E-state index in [0.29, 0.717) is 21.4 Å². The lowest BCUT2D eigenvalue weighted by atomic mass is 10.1. The lowest BCUT2D eigenvalue weighted by Crippen LogP contribution is -2.08. The minimum absolute atomic E-state index is 0.00172. The zero-order valence-electron chi connectivity index (χ0n) is 14.0. The molecule has 1 aromatic heterocycles. The first-order valence-electron chi connectivity index (χ1n) is 7.39. The smallest absolute Gasteiger partial charge is 0.316 e. The highest BCUT2D eigenvalue weighted by atomic mass is 32.2. The summed E-state index contributed by atoms with van der Waals surface area (Å²) in [5, 5.41) is 21.3. The van der Waals surface area contributed by atoms with Gasteiger partial charge in [0.1, 0.15) is 16.7 Å². The maximum atomic E-state index is 11.6. The summed E-state index contributed by atoms with van der Waals surface area (Å²) in [5.41, 5.74) is 0.794. The van der Waals surface area contributed by atoms with Crippen molar-refractivity contribution in [3.63, 3.8) is 0 Å². The van der Waals surface area contributed by atoms with E-state index in [1.54, 1.807) is 19.2 Å². The van der Waals surface area contributed by atoms with Crippen molar-refractivity contribution in [2.75, 3.05) is 18.6 Å². The van der Waals surface area contributed by atoms with Crippen LogP contribution in [0.1, 0.15) is 12.5 Å². The van der Waals surface area contributed by atoms with Crippen LogP contribution in [-0.2, 0) is 9.53 Å². The number of nitriles is 1. The summed E-state index contributed by atoms with van der Waals surface area (Å²) >= 11 is 2.34. The Labute approximate surface area is 158 Å². The van der Waals surface area contributed by atoms with Crippen LogP contribution in [0.5, 0.6) is 0 Å². The summed E-state index contributed by atoms with van der Waals surface area (Å²) in [4.78, 5) is 30.7. The fraction of sp³-hybridized carbons (Fsp3) is 0.250. The number of hydrogen-bond acceptors (Lipinski definition) is 9. The van der Waals surface area contributed by atoms with Crippen LogP contribution in [0.25, 0.3) is 11.3 Å². The minimum atomic E-state index is -0.511. The lowest BCUT2D eigenvalue weighted by molar-refractivity contribution is -0.384. The average Bonchev–Trinajstić information content (AvgIpc) is 2.65. The van der Waals surface area contributed by atoms with Crippen LogP contribution in [0.15, 0.2) is 34.4 Å². The van der Waals surface area contributed by atoms with Crippen molar-refractivity contribution in [1.82, 2.24) is 9.97 Å². The summed E-state index contributed by atoms with van der Waals surface area (Å²) in [5.74, 6) is -0.413. The zero-order chi connectivity index (χ0) is 19.1. The number of nitro benzene ring substituents is 1. The van der Waals surface area contributed by atoms with E-state index in [4.69, 9.17) is 4.74 Å². The monoisotopic (exact) mass is 390 g/mol. The Morgan fingerprint density at radius 2 is 2.19 bits per heavy atom. The van der Waals surface area contributed by atoms with E-state index >= 15 is 0 Å². The van der Waals surface area contributed by atoms with E-state index < -0.39 is 10.9 Å². The molecule has 8 nitrogen and oxygen atoms in total. The van der Waals surface area contributed by atoms with Crippen molar-refractivity contribution in [2.24, 2.45) is 0 Å². The van der Waals surface area contributed by atoms with Gasteiger partial charge in [-0.1, -0.05) is 35.7 Å². The molecule has 0 unspecified atom stereocenters. The van der Waals surface area contributed by atoms with Gasteiger partial charge in [-0.05, 0) is 13.2 Å². The molecule has 1 aromatic carbocycles. The van der Waals surface area contributed by atoms with Crippen molar-refractivity contribution in [1.29, 1.82) is 5.26 Å². The van der Waals surface area contributed by atoms with Crippen LogP contribution in [0, 0.1) is 21.4 Å². The number of esters is 1. The SMILES string of the molecule is CCOC(=O)CSc1nc(SC)nc(-c2cccc([N+](=O)[O-])c2)c1C#N. The molecular formula is C16H14N4O4S2. The summed E-state index contributed by atoms with van der Waals surface area (Å²) in [6, 6.07) is 7.93. The molecule has 0 aliphatic carbocycles. The van der Waals surface area contributed by atoms with Gasteiger partial charge in [0.15, 0.2) is 5.16 Å². The molecule has 0 spiro atoms. The summed E-state index contributed by atoms with van der Waals surface area (Å²) in [6.45, 7) is 1.98. The van der Waals surface area contributed by atoms with E-state index in [-0.39, 0.29) is 23.6 Å². The molecule has 26 heavy (non-hydrogen) atoms. The second-order valence-electron chi connectivity index (χ2n) is 4.75. The van der Waals surface area contributed by atoms with Gasteiger partial charge in [-0.2, -0.15) is 5.26 Å². The Hall–Kier alpha value is -2.64. The number of thioether (sulfide) groups is 2. The second-order valence-corrected chi connectivity index (χ2v) is 6.49. The molecule has 134 valence electrons. The minimum Gasteiger partial charge on any atom is -0.465 e. The highest BCUT2D eigenvalue weighted by Crippen LogP contribution is 2.32. The van der Waals surface area contributed by atoms with E-state index in [9.17, 15) is 20.2 Å². The molecule has 0 aliphatic rings. The Balaban J connectivity index is 2.50. The molecular weight excluding hydrogens is 376 g/mol. The Kier molecular flexibility index (Phi) is 6.94. The maximum absolute atomic E-state index is 11.6. The largest absolute Gasteiger partial charge is 0.465 e. The molecule has 0 fully saturated rings. The zero-order valence-corrected chi connectivity index (χ0v) is 15.6. The van der Waals surface area contributed by atoms with Gasteiger partial charge < -0.3 is 4.74 Å². The van der Waals surface area contributed by atoms with Crippen LogP contribution in [0.3, 0.4) is 0 Å². The van der Waals surface area contributed by atoms with Crippen LogP contribution in [-0.4, -0.2) is 39.5 Å². The first kappa shape index (κ1) is 19.7. The summed E-state index contributed by atoms with van der Waals surface area (Å²) in [7, 11) is 0. The van der Waals surface area contributed by atoms with E-state index in [1.807, 2.05) is 6.07 Å². The molecule has 0 amide bonds. The maximum Gasteiger partial charge on any atom is 0.316 e. The van der Waals surface area contributed by atoms with Gasteiger partial charge in [0.2, 0.25) is 0 Å². The van der Waals surface area contributed by atoms with Gasteiger partial charge in [-0.25, -0.2) is 9.97 Å². The number of nitrogens with zero attached hydrogens (tertiary/aromatic N) is 4. The van der Waals surface area contributed by atoms with Crippen LogP contribution < -0.4 is 0 Å². The number of carbonyl (C=O) groups excluding carboxylic acids is 1. The lowest BCUT2D eigenvalue weighted by Gasteiger charge is -2.10. The van der Waals surface area contributed by atoms with Crippen molar-refractivity contribution in [3.05, 3.63) is 39.9 Å². The molecule has 2 aromatic rings.